The largest absolute Gasteiger partial charge is 0.388 e. The van der Waals surface area contributed by atoms with Crippen LogP contribution in [0.1, 0.15) is 58.3 Å². The molecule has 2 N–H and O–H groups in total. The van der Waals surface area contributed by atoms with Crippen LogP contribution in [0, 0.1) is 0 Å². The number of guanidine groups is 1. The molecule has 0 spiro atoms. The summed E-state index contributed by atoms with van der Waals surface area (Å²) in [5, 5.41) is 14.1. The molecule has 0 aromatic carbocycles. The first-order valence-electron chi connectivity index (χ1n) is 10.0. The molecule has 2 aliphatic rings. The molecule has 0 radical (unpaired) electrons. The van der Waals surface area contributed by atoms with Gasteiger partial charge in [-0.05, 0) is 39.0 Å². The third-order valence-electron chi connectivity index (χ3n) is 5.23. The van der Waals surface area contributed by atoms with Crippen molar-refractivity contribution in [1.29, 1.82) is 0 Å². The third-order valence-corrected chi connectivity index (χ3v) is 5.23. The minimum absolute atomic E-state index is 0.346. The SMILES string of the molecule is CCNC(=NCC1(O)CCCCC1)N1CCC(OCCCOC)CC1. The lowest BCUT2D eigenvalue weighted by molar-refractivity contribution is 0.00781. The maximum absolute atomic E-state index is 10.7. The van der Waals surface area contributed by atoms with Crippen LogP contribution in [0.3, 0.4) is 0 Å². The summed E-state index contributed by atoms with van der Waals surface area (Å²) in [6, 6.07) is 0. The highest BCUT2D eigenvalue weighted by Crippen LogP contribution is 2.28. The second kappa shape index (κ2) is 11.0. The van der Waals surface area contributed by atoms with Crippen molar-refractivity contribution in [3.63, 3.8) is 0 Å². The first kappa shape index (κ1) is 20.5. The molecular formula is C19H37N3O3. The van der Waals surface area contributed by atoms with E-state index in [1.54, 1.807) is 7.11 Å². The smallest absolute Gasteiger partial charge is 0.194 e. The van der Waals surface area contributed by atoms with Gasteiger partial charge in [-0.2, -0.15) is 0 Å². The number of aliphatic imine (C=N–C) groups is 1. The van der Waals surface area contributed by atoms with Gasteiger partial charge in [0.25, 0.3) is 0 Å². The number of aliphatic hydroxyl groups is 1. The van der Waals surface area contributed by atoms with Gasteiger partial charge in [-0.25, -0.2) is 0 Å². The molecule has 0 unspecified atom stereocenters. The molecule has 6 nitrogen and oxygen atoms in total. The van der Waals surface area contributed by atoms with Crippen molar-refractivity contribution in [2.24, 2.45) is 4.99 Å². The van der Waals surface area contributed by atoms with Crippen molar-refractivity contribution >= 4 is 5.96 Å². The molecule has 0 bridgehead atoms. The molecule has 1 saturated carbocycles. The highest BCUT2D eigenvalue weighted by atomic mass is 16.5. The minimum Gasteiger partial charge on any atom is -0.388 e. The van der Waals surface area contributed by atoms with Crippen molar-refractivity contribution in [1.82, 2.24) is 10.2 Å². The Kier molecular flexibility index (Phi) is 8.99. The van der Waals surface area contributed by atoms with E-state index in [9.17, 15) is 5.11 Å². The molecule has 0 aromatic heterocycles. The fourth-order valence-corrected chi connectivity index (χ4v) is 3.70. The third kappa shape index (κ3) is 7.12. The highest BCUT2D eigenvalue weighted by Gasteiger charge is 2.29. The van der Waals surface area contributed by atoms with Crippen LogP contribution in [0.15, 0.2) is 4.99 Å². The molecular weight excluding hydrogens is 318 g/mol. The van der Waals surface area contributed by atoms with E-state index in [2.05, 4.69) is 17.1 Å². The minimum atomic E-state index is -0.596. The van der Waals surface area contributed by atoms with Crippen molar-refractivity contribution in [3.8, 4) is 0 Å². The fourth-order valence-electron chi connectivity index (χ4n) is 3.70. The van der Waals surface area contributed by atoms with E-state index in [0.717, 1.165) is 83.8 Å². The van der Waals surface area contributed by atoms with Gasteiger partial charge in [0.15, 0.2) is 5.96 Å². The van der Waals surface area contributed by atoms with E-state index in [4.69, 9.17) is 14.5 Å². The Bertz CT molecular complexity index is 389. The number of hydrogen-bond donors (Lipinski definition) is 2. The first-order chi connectivity index (χ1) is 12.2. The molecule has 1 heterocycles. The molecule has 6 heteroatoms. The van der Waals surface area contributed by atoms with Crippen LogP contribution < -0.4 is 5.32 Å². The maximum Gasteiger partial charge on any atom is 0.194 e. The average Bonchev–Trinajstić information content (AvgIpc) is 2.63. The van der Waals surface area contributed by atoms with Crippen molar-refractivity contribution in [2.75, 3.05) is 46.5 Å². The molecule has 1 aliphatic heterocycles. The summed E-state index contributed by atoms with van der Waals surface area (Å²) in [5.41, 5.74) is -0.596. The summed E-state index contributed by atoms with van der Waals surface area (Å²) in [5.74, 6) is 0.944. The monoisotopic (exact) mass is 355 g/mol. The van der Waals surface area contributed by atoms with Gasteiger partial charge < -0.3 is 24.8 Å². The lowest BCUT2D eigenvalue weighted by atomic mass is 9.85. The van der Waals surface area contributed by atoms with Crippen LogP contribution in [-0.2, 0) is 9.47 Å². The van der Waals surface area contributed by atoms with Crippen LogP contribution in [0.5, 0.6) is 0 Å². The van der Waals surface area contributed by atoms with E-state index in [-0.39, 0.29) is 0 Å². The Morgan fingerprint density at radius 1 is 1.20 bits per heavy atom. The molecule has 1 aliphatic carbocycles. The molecule has 2 rings (SSSR count). The zero-order chi connectivity index (χ0) is 18.0. The summed E-state index contributed by atoms with van der Waals surface area (Å²) in [7, 11) is 1.73. The molecule has 1 saturated heterocycles. The highest BCUT2D eigenvalue weighted by molar-refractivity contribution is 5.80. The van der Waals surface area contributed by atoms with Crippen molar-refractivity contribution < 1.29 is 14.6 Å². The van der Waals surface area contributed by atoms with E-state index >= 15 is 0 Å². The van der Waals surface area contributed by atoms with Crippen LogP contribution in [-0.4, -0.2) is 74.2 Å². The summed E-state index contributed by atoms with van der Waals surface area (Å²) in [6.45, 7) is 6.92. The Hall–Kier alpha value is -0.850. The summed E-state index contributed by atoms with van der Waals surface area (Å²) < 4.78 is 11.0. The van der Waals surface area contributed by atoms with Crippen molar-refractivity contribution in [2.45, 2.75) is 70.0 Å². The summed E-state index contributed by atoms with van der Waals surface area (Å²) >= 11 is 0. The molecule has 2 fully saturated rings. The lowest BCUT2D eigenvalue weighted by Crippen LogP contribution is -2.48. The zero-order valence-corrected chi connectivity index (χ0v) is 16.1. The van der Waals surface area contributed by atoms with E-state index in [1.807, 2.05) is 0 Å². The quantitative estimate of drug-likeness (QED) is 0.397. The second-order valence-electron chi connectivity index (χ2n) is 7.36. The number of nitrogens with one attached hydrogen (secondary N) is 1. The maximum atomic E-state index is 10.7. The Labute approximate surface area is 153 Å². The topological polar surface area (TPSA) is 66.3 Å². The first-order valence-corrected chi connectivity index (χ1v) is 10.0. The molecule has 0 atom stereocenters. The summed E-state index contributed by atoms with van der Waals surface area (Å²) in [4.78, 5) is 7.08. The second-order valence-corrected chi connectivity index (χ2v) is 7.36. The van der Waals surface area contributed by atoms with Gasteiger partial charge in [-0.15, -0.1) is 0 Å². The lowest BCUT2D eigenvalue weighted by Gasteiger charge is -2.35. The molecule has 0 aromatic rings. The van der Waals surface area contributed by atoms with Gasteiger partial charge in [0, 0.05) is 40.0 Å². The predicted molar refractivity (Wildman–Crippen MR) is 101 cm³/mol. The number of piperidine rings is 1. The molecule has 25 heavy (non-hydrogen) atoms. The average molecular weight is 356 g/mol. The summed E-state index contributed by atoms with van der Waals surface area (Å²) in [6.07, 6.45) is 8.61. The van der Waals surface area contributed by atoms with E-state index < -0.39 is 5.60 Å². The van der Waals surface area contributed by atoms with Gasteiger partial charge in [0.05, 0.1) is 18.2 Å². The molecule has 146 valence electrons. The number of likely N-dealkylation sites (tertiary alicyclic amines) is 1. The van der Waals surface area contributed by atoms with Gasteiger partial charge in [0.1, 0.15) is 0 Å². The Balaban J connectivity index is 1.79. The van der Waals surface area contributed by atoms with Crippen LogP contribution in [0.4, 0.5) is 0 Å². The Morgan fingerprint density at radius 2 is 1.92 bits per heavy atom. The normalized spacial score (nSPS) is 22.2. The zero-order valence-electron chi connectivity index (χ0n) is 16.1. The van der Waals surface area contributed by atoms with Crippen LogP contribution in [0.25, 0.3) is 0 Å². The number of hydrogen-bond acceptors (Lipinski definition) is 4. The van der Waals surface area contributed by atoms with Crippen LogP contribution >= 0.6 is 0 Å². The molecule has 0 amide bonds. The Morgan fingerprint density at radius 3 is 2.56 bits per heavy atom. The van der Waals surface area contributed by atoms with Gasteiger partial charge in [-0.3, -0.25) is 4.99 Å². The fraction of sp³-hybridized carbons (Fsp3) is 0.947. The standard InChI is InChI=1S/C19H37N3O3/c1-3-20-18(21-16-19(23)10-5-4-6-11-19)22-12-8-17(9-13-22)25-15-7-14-24-2/h17,23H,3-16H2,1-2H3,(H,20,21). The number of nitrogens with zero attached hydrogens (tertiary/aromatic N) is 2. The van der Waals surface area contributed by atoms with Crippen molar-refractivity contribution in [3.05, 3.63) is 0 Å². The van der Waals surface area contributed by atoms with Gasteiger partial charge in [-0.1, -0.05) is 19.3 Å². The van der Waals surface area contributed by atoms with Gasteiger partial charge in [0.2, 0.25) is 0 Å². The van der Waals surface area contributed by atoms with E-state index in [1.165, 1.54) is 6.42 Å². The predicted octanol–water partition coefficient (Wildman–Crippen LogP) is 2.16. The van der Waals surface area contributed by atoms with Gasteiger partial charge >= 0.3 is 0 Å². The number of methoxy groups -OCH3 is 1. The number of rotatable bonds is 8. The number of ether oxygens (including phenoxy) is 2. The van der Waals surface area contributed by atoms with E-state index in [0.29, 0.717) is 12.6 Å². The van der Waals surface area contributed by atoms with Crippen LogP contribution in [0.2, 0.25) is 0 Å².